The molecule has 0 N–H and O–H groups in total. The van der Waals surface area contributed by atoms with Crippen molar-refractivity contribution in [1.29, 1.82) is 0 Å². The SMILES string of the molecule is CCOC(=O)/C=C/COCc1ccc(Cl)cc1. The molecule has 0 atom stereocenters. The molecule has 0 saturated carbocycles. The summed E-state index contributed by atoms with van der Waals surface area (Å²) >= 11 is 5.76. The molecular formula is C13H15ClO3. The summed E-state index contributed by atoms with van der Waals surface area (Å²) in [5, 5.41) is 0.705. The van der Waals surface area contributed by atoms with Gasteiger partial charge in [0.15, 0.2) is 0 Å². The highest BCUT2D eigenvalue weighted by Crippen LogP contribution is 2.10. The van der Waals surface area contributed by atoms with E-state index < -0.39 is 0 Å². The molecule has 1 rings (SSSR count). The van der Waals surface area contributed by atoms with Crippen molar-refractivity contribution >= 4 is 17.6 Å². The molecule has 0 aliphatic heterocycles. The minimum absolute atomic E-state index is 0.345. The van der Waals surface area contributed by atoms with E-state index >= 15 is 0 Å². The van der Waals surface area contributed by atoms with Crippen molar-refractivity contribution < 1.29 is 14.3 Å². The van der Waals surface area contributed by atoms with Gasteiger partial charge in [-0.25, -0.2) is 4.79 Å². The number of halogens is 1. The van der Waals surface area contributed by atoms with Crippen LogP contribution in [0.4, 0.5) is 0 Å². The molecule has 3 nitrogen and oxygen atoms in total. The molecule has 0 aliphatic rings. The van der Waals surface area contributed by atoms with Gasteiger partial charge in [0.05, 0.1) is 19.8 Å². The molecule has 0 fully saturated rings. The van der Waals surface area contributed by atoms with Gasteiger partial charge in [-0.05, 0) is 24.6 Å². The highest BCUT2D eigenvalue weighted by molar-refractivity contribution is 6.30. The predicted octanol–water partition coefficient (Wildman–Crippen LogP) is 2.98. The highest BCUT2D eigenvalue weighted by Gasteiger charge is 1.94. The zero-order valence-corrected chi connectivity index (χ0v) is 10.4. The number of ether oxygens (including phenoxy) is 2. The first-order valence-corrected chi connectivity index (χ1v) is 5.75. The molecule has 0 bridgehead atoms. The molecule has 92 valence electrons. The van der Waals surface area contributed by atoms with Gasteiger partial charge in [-0.1, -0.05) is 29.8 Å². The van der Waals surface area contributed by atoms with Crippen molar-refractivity contribution in [1.82, 2.24) is 0 Å². The summed E-state index contributed by atoms with van der Waals surface area (Å²) in [5.41, 5.74) is 1.04. The van der Waals surface area contributed by atoms with E-state index in [1.54, 1.807) is 13.0 Å². The molecule has 0 saturated heterocycles. The molecule has 0 aromatic heterocycles. The normalized spacial score (nSPS) is 10.7. The van der Waals surface area contributed by atoms with Crippen LogP contribution in [0.1, 0.15) is 12.5 Å². The van der Waals surface area contributed by atoms with E-state index in [-0.39, 0.29) is 5.97 Å². The van der Waals surface area contributed by atoms with Gasteiger partial charge >= 0.3 is 5.97 Å². The van der Waals surface area contributed by atoms with Gasteiger partial charge in [-0.3, -0.25) is 0 Å². The summed E-state index contributed by atoms with van der Waals surface area (Å²) < 4.78 is 10.1. The molecule has 1 aromatic rings. The van der Waals surface area contributed by atoms with Crippen molar-refractivity contribution in [3.8, 4) is 0 Å². The quantitative estimate of drug-likeness (QED) is 0.445. The number of carbonyl (C=O) groups excluding carboxylic acids is 1. The molecule has 0 heterocycles. The van der Waals surface area contributed by atoms with E-state index in [0.717, 1.165) is 5.56 Å². The molecule has 0 amide bonds. The van der Waals surface area contributed by atoms with Crippen molar-refractivity contribution in [2.45, 2.75) is 13.5 Å². The fourth-order valence-corrected chi connectivity index (χ4v) is 1.29. The average Bonchev–Trinajstić information content (AvgIpc) is 2.31. The Bertz CT molecular complexity index is 371. The predicted molar refractivity (Wildman–Crippen MR) is 66.9 cm³/mol. The number of esters is 1. The average molecular weight is 255 g/mol. The number of benzene rings is 1. The van der Waals surface area contributed by atoms with Crippen LogP contribution in [0.25, 0.3) is 0 Å². The van der Waals surface area contributed by atoms with Crippen LogP contribution in [-0.4, -0.2) is 19.2 Å². The molecule has 17 heavy (non-hydrogen) atoms. The summed E-state index contributed by atoms with van der Waals surface area (Å²) in [5.74, 6) is -0.345. The Hall–Kier alpha value is -1.32. The first-order chi connectivity index (χ1) is 8.22. The van der Waals surface area contributed by atoms with E-state index in [4.69, 9.17) is 21.1 Å². The lowest BCUT2D eigenvalue weighted by Gasteiger charge is -2.01. The maximum atomic E-state index is 10.9. The van der Waals surface area contributed by atoms with E-state index in [0.29, 0.717) is 24.8 Å². The third kappa shape index (κ3) is 6.09. The van der Waals surface area contributed by atoms with Crippen molar-refractivity contribution in [3.05, 3.63) is 47.0 Å². The lowest BCUT2D eigenvalue weighted by molar-refractivity contribution is -0.137. The van der Waals surface area contributed by atoms with Gasteiger partial charge in [0.2, 0.25) is 0 Å². The summed E-state index contributed by atoms with van der Waals surface area (Å²) in [6.45, 7) is 3.02. The zero-order chi connectivity index (χ0) is 12.5. The lowest BCUT2D eigenvalue weighted by atomic mass is 10.2. The Morgan fingerprint density at radius 3 is 2.71 bits per heavy atom. The van der Waals surface area contributed by atoms with Crippen LogP contribution in [0.5, 0.6) is 0 Å². The molecule has 0 aliphatic carbocycles. The van der Waals surface area contributed by atoms with Crippen molar-refractivity contribution in [2.24, 2.45) is 0 Å². The smallest absolute Gasteiger partial charge is 0.330 e. The largest absolute Gasteiger partial charge is 0.463 e. The number of rotatable bonds is 6. The van der Waals surface area contributed by atoms with E-state index in [1.807, 2.05) is 24.3 Å². The minimum atomic E-state index is -0.345. The monoisotopic (exact) mass is 254 g/mol. The van der Waals surface area contributed by atoms with Crippen LogP contribution in [-0.2, 0) is 20.9 Å². The second-order valence-corrected chi connectivity index (χ2v) is 3.73. The third-order valence-electron chi connectivity index (χ3n) is 1.94. The minimum Gasteiger partial charge on any atom is -0.463 e. The van der Waals surface area contributed by atoms with E-state index in [2.05, 4.69) is 0 Å². The van der Waals surface area contributed by atoms with Crippen LogP contribution >= 0.6 is 11.6 Å². The van der Waals surface area contributed by atoms with Crippen LogP contribution in [0.15, 0.2) is 36.4 Å². The number of carbonyl (C=O) groups is 1. The fraction of sp³-hybridized carbons (Fsp3) is 0.308. The van der Waals surface area contributed by atoms with Crippen LogP contribution < -0.4 is 0 Å². The standard InChI is InChI=1S/C13H15ClO3/c1-2-17-13(15)4-3-9-16-10-11-5-7-12(14)8-6-11/h3-8H,2,9-10H2,1H3/b4-3+. The first-order valence-electron chi connectivity index (χ1n) is 5.38. The maximum absolute atomic E-state index is 10.9. The number of hydrogen-bond acceptors (Lipinski definition) is 3. The zero-order valence-electron chi connectivity index (χ0n) is 9.69. The Balaban J connectivity index is 2.20. The molecule has 1 aromatic carbocycles. The van der Waals surface area contributed by atoms with E-state index in [1.165, 1.54) is 6.08 Å². The van der Waals surface area contributed by atoms with Crippen molar-refractivity contribution in [3.63, 3.8) is 0 Å². The first kappa shape index (κ1) is 13.7. The molecule has 0 spiro atoms. The number of hydrogen-bond donors (Lipinski definition) is 0. The Morgan fingerprint density at radius 1 is 1.35 bits per heavy atom. The van der Waals surface area contributed by atoms with Gasteiger partial charge in [-0.15, -0.1) is 0 Å². The van der Waals surface area contributed by atoms with Gasteiger partial charge in [0.25, 0.3) is 0 Å². The van der Waals surface area contributed by atoms with Gasteiger partial charge in [0.1, 0.15) is 0 Å². The van der Waals surface area contributed by atoms with Gasteiger partial charge in [-0.2, -0.15) is 0 Å². The molecule has 0 radical (unpaired) electrons. The molecular weight excluding hydrogens is 240 g/mol. The van der Waals surface area contributed by atoms with Gasteiger partial charge < -0.3 is 9.47 Å². The second kappa shape index (κ2) is 7.87. The fourth-order valence-electron chi connectivity index (χ4n) is 1.16. The molecule has 4 heteroatoms. The maximum Gasteiger partial charge on any atom is 0.330 e. The Labute approximate surface area is 106 Å². The lowest BCUT2D eigenvalue weighted by Crippen LogP contribution is -2.00. The van der Waals surface area contributed by atoms with Crippen molar-refractivity contribution in [2.75, 3.05) is 13.2 Å². The summed E-state index contributed by atoms with van der Waals surface area (Å²) in [6, 6.07) is 7.43. The Kier molecular flexibility index (Phi) is 6.37. The van der Waals surface area contributed by atoms with Gasteiger partial charge in [0, 0.05) is 11.1 Å². The van der Waals surface area contributed by atoms with E-state index in [9.17, 15) is 4.79 Å². The van der Waals surface area contributed by atoms with Crippen LogP contribution in [0.3, 0.4) is 0 Å². The summed E-state index contributed by atoms with van der Waals surface area (Å²) in [7, 11) is 0. The second-order valence-electron chi connectivity index (χ2n) is 3.30. The third-order valence-corrected chi connectivity index (χ3v) is 2.19. The molecule has 0 unspecified atom stereocenters. The summed E-state index contributed by atoms with van der Waals surface area (Å²) in [4.78, 5) is 10.9. The Morgan fingerprint density at radius 2 is 2.06 bits per heavy atom. The van der Waals surface area contributed by atoms with Crippen LogP contribution in [0, 0.1) is 0 Å². The topological polar surface area (TPSA) is 35.5 Å². The summed E-state index contributed by atoms with van der Waals surface area (Å²) in [6.07, 6.45) is 3.00. The van der Waals surface area contributed by atoms with Crippen LogP contribution in [0.2, 0.25) is 5.02 Å². The highest BCUT2D eigenvalue weighted by atomic mass is 35.5.